The summed E-state index contributed by atoms with van der Waals surface area (Å²) in [5.41, 5.74) is 18.4. The fourth-order valence-electron chi connectivity index (χ4n) is 5.96. The summed E-state index contributed by atoms with van der Waals surface area (Å²) < 4.78 is 0.888. The third-order valence-corrected chi connectivity index (χ3v) is 7.84. The minimum atomic E-state index is 0.448. The molecule has 3 aromatic rings. The van der Waals surface area contributed by atoms with Crippen LogP contribution in [-0.2, 0) is 0 Å². The maximum absolute atomic E-state index is 6.62. The second-order valence-corrected chi connectivity index (χ2v) is 9.68. The zero-order valence-corrected chi connectivity index (χ0v) is 20.6. The van der Waals surface area contributed by atoms with Gasteiger partial charge in [-0.1, -0.05) is 72.3 Å². The Morgan fingerprint density at radius 2 is 1.53 bits per heavy atom. The highest BCUT2D eigenvalue weighted by Gasteiger charge is 2.41. The van der Waals surface area contributed by atoms with E-state index in [-0.39, 0.29) is 0 Å². The molecule has 0 saturated heterocycles. The Hall–Kier alpha value is -3.36. The lowest BCUT2D eigenvalue weighted by Crippen LogP contribution is -2.43. The molecule has 3 aromatic carbocycles. The third-order valence-electron chi connectivity index (χ3n) is 7.84. The molecule has 2 aliphatic rings. The Bertz CT molecular complexity index is 1260. The molecular formula is C32H35N2+. The highest BCUT2D eigenvalue weighted by atomic mass is 15.4. The number of rotatable bonds is 6. The average Bonchev–Trinajstić information content (AvgIpc) is 3.15. The first-order chi connectivity index (χ1) is 16.5. The first-order valence-corrected chi connectivity index (χ1v) is 12.5. The van der Waals surface area contributed by atoms with Gasteiger partial charge in [-0.25, -0.2) is 0 Å². The van der Waals surface area contributed by atoms with Crippen LogP contribution in [0.4, 0.5) is 11.4 Å². The van der Waals surface area contributed by atoms with Gasteiger partial charge >= 0.3 is 0 Å². The van der Waals surface area contributed by atoms with E-state index in [1.165, 1.54) is 44.8 Å². The maximum Gasteiger partial charge on any atom is 0.146 e. The number of benzene rings is 3. The standard InChI is InChI=1S/C32H35N2/c1-4-34(31-17-9-7-14-28(31)29-15-8-10-18-32(29)34)21-11-16-30(33)25-19-20-27(24(3)22-25)26-13-6-5-12-23(26)2/h5-10,12-19,22,27H,4,11,20-21,33H2,1-3H3/q+1. The van der Waals surface area contributed by atoms with E-state index in [4.69, 9.17) is 5.73 Å². The highest BCUT2D eigenvalue weighted by Crippen LogP contribution is 2.52. The normalized spacial score (nSPS) is 18.7. The Morgan fingerprint density at radius 3 is 2.15 bits per heavy atom. The molecular weight excluding hydrogens is 412 g/mol. The van der Waals surface area contributed by atoms with E-state index in [0.29, 0.717) is 5.92 Å². The Morgan fingerprint density at radius 1 is 0.912 bits per heavy atom. The van der Waals surface area contributed by atoms with Crippen molar-refractivity contribution in [1.82, 2.24) is 4.48 Å². The van der Waals surface area contributed by atoms with E-state index in [9.17, 15) is 0 Å². The summed E-state index contributed by atoms with van der Waals surface area (Å²) in [5, 5.41) is 0. The quantitative estimate of drug-likeness (QED) is 0.382. The molecule has 1 atom stereocenters. The number of hydrogen-bond donors (Lipinski definition) is 1. The molecule has 0 saturated carbocycles. The van der Waals surface area contributed by atoms with Crippen LogP contribution in [0.15, 0.2) is 108 Å². The van der Waals surface area contributed by atoms with Crippen molar-refractivity contribution in [2.75, 3.05) is 13.1 Å². The van der Waals surface area contributed by atoms with E-state index >= 15 is 0 Å². The maximum atomic E-state index is 6.62. The van der Waals surface area contributed by atoms with Crippen LogP contribution < -0.4 is 10.2 Å². The SMILES string of the molecule is CC[N+]1(CCC=C(N)C2=CCC(c3ccccc3C)C(C)=C2)c2ccccc2-c2ccccc21. The summed E-state index contributed by atoms with van der Waals surface area (Å²) in [7, 11) is 0. The van der Waals surface area contributed by atoms with Gasteiger partial charge in [-0.15, -0.1) is 0 Å². The minimum Gasteiger partial charge on any atom is -0.399 e. The van der Waals surface area contributed by atoms with Gasteiger partial charge in [0.1, 0.15) is 11.4 Å². The molecule has 1 heterocycles. The van der Waals surface area contributed by atoms with Crippen LogP contribution in [0.2, 0.25) is 0 Å². The number of nitrogens with two attached hydrogens (primary N) is 1. The minimum absolute atomic E-state index is 0.448. The first-order valence-electron chi connectivity index (χ1n) is 12.5. The summed E-state index contributed by atoms with van der Waals surface area (Å²) in [6.45, 7) is 8.78. The number of allylic oxidation sites excluding steroid dienone is 3. The summed E-state index contributed by atoms with van der Waals surface area (Å²) in [6, 6.07) is 26.5. The lowest BCUT2D eigenvalue weighted by Gasteiger charge is -2.34. The van der Waals surface area contributed by atoms with Crippen molar-refractivity contribution in [3.8, 4) is 11.1 Å². The Kier molecular flexibility index (Phi) is 6.02. The number of hydrogen-bond acceptors (Lipinski definition) is 1. The van der Waals surface area contributed by atoms with Crippen molar-refractivity contribution >= 4 is 11.4 Å². The molecule has 2 nitrogen and oxygen atoms in total. The summed E-state index contributed by atoms with van der Waals surface area (Å²) >= 11 is 0. The molecule has 2 N–H and O–H groups in total. The second kappa shape index (κ2) is 9.12. The van der Waals surface area contributed by atoms with Gasteiger partial charge in [0, 0.05) is 41.3 Å². The average molecular weight is 448 g/mol. The molecule has 0 amide bonds. The molecule has 1 unspecified atom stereocenters. The van der Waals surface area contributed by atoms with E-state index in [1.807, 2.05) is 0 Å². The van der Waals surface area contributed by atoms with Crippen LogP contribution >= 0.6 is 0 Å². The van der Waals surface area contributed by atoms with Crippen molar-refractivity contribution in [2.24, 2.45) is 5.73 Å². The van der Waals surface area contributed by atoms with Gasteiger partial charge in [0.2, 0.25) is 0 Å². The molecule has 0 bridgehead atoms. The van der Waals surface area contributed by atoms with Gasteiger partial charge in [-0.05, 0) is 56.0 Å². The van der Waals surface area contributed by atoms with Crippen molar-refractivity contribution in [1.29, 1.82) is 0 Å². The molecule has 1 aliphatic carbocycles. The predicted octanol–water partition coefficient (Wildman–Crippen LogP) is 7.93. The van der Waals surface area contributed by atoms with Crippen molar-refractivity contribution in [3.05, 3.63) is 119 Å². The molecule has 0 aromatic heterocycles. The van der Waals surface area contributed by atoms with E-state index in [1.54, 1.807) is 0 Å². The van der Waals surface area contributed by atoms with Gasteiger partial charge in [-0.3, -0.25) is 4.48 Å². The van der Waals surface area contributed by atoms with Crippen molar-refractivity contribution < 1.29 is 0 Å². The summed E-state index contributed by atoms with van der Waals surface area (Å²) in [6.07, 6.45) is 8.79. The van der Waals surface area contributed by atoms with Crippen LogP contribution in [0.1, 0.15) is 43.7 Å². The first kappa shape index (κ1) is 22.4. The van der Waals surface area contributed by atoms with Crippen LogP contribution in [0, 0.1) is 6.92 Å². The van der Waals surface area contributed by atoms with Crippen molar-refractivity contribution in [3.63, 3.8) is 0 Å². The van der Waals surface area contributed by atoms with E-state index in [2.05, 4.69) is 112 Å². The van der Waals surface area contributed by atoms with Crippen LogP contribution in [0.3, 0.4) is 0 Å². The number of fused-ring (bicyclic) bond motifs is 3. The van der Waals surface area contributed by atoms with Gasteiger partial charge in [-0.2, -0.15) is 0 Å². The van der Waals surface area contributed by atoms with Crippen molar-refractivity contribution in [2.45, 2.75) is 39.5 Å². The molecule has 0 radical (unpaired) electrons. The monoisotopic (exact) mass is 447 g/mol. The fourth-order valence-corrected chi connectivity index (χ4v) is 5.96. The second-order valence-electron chi connectivity index (χ2n) is 9.68. The largest absolute Gasteiger partial charge is 0.399 e. The Labute approximate surface area is 204 Å². The summed E-state index contributed by atoms with van der Waals surface area (Å²) in [5.74, 6) is 0.448. The molecule has 1 aliphatic heterocycles. The number of para-hydroxylation sites is 2. The van der Waals surface area contributed by atoms with Gasteiger partial charge in [0.15, 0.2) is 0 Å². The van der Waals surface area contributed by atoms with Crippen LogP contribution in [0.5, 0.6) is 0 Å². The Balaban J connectivity index is 1.36. The molecule has 2 heteroatoms. The molecule has 0 fully saturated rings. The number of aryl methyl sites for hydroxylation is 1. The molecule has 172 valence electrons. The van der Waals surface area contributed by atoms with Gasteiger partial charge in [0.05, 0.1) is 13.1 Å². The van der Waals surface area contributed by atoms with Gasteiger partial charge in [0.25, 0.3) is 0 Å². The summed E-state index contributed by atoms with van der Waals surface area (Å²) in [4.78, 5) is 0. The molecule has 0 spiro atoms. The third kappa shape index (κ3) is 3.73. The van der Waals surface area contributed by atoms with Crippen LogP contribution in [-0.4, -0.2) is 13.1 Å². The molecule has 34 heavy (non-hydrogen) atoms. The van der Waals surface area contributed by atoms with E-state index in [0.717, 1.165) is 36.1 Å². The lowest BCUT2D eigenvalue weighted by atomic mass is 9.82. The highest BCUT2D eigenvalue weighted by molar-refractivity contribution is 5.94. The number of quaternary nitrogens is 1. The predicted molar refractivity (Wildman–Crippen MR) is 146 cm³/mol. The number of nitrogens with zero attached hydrogens (tertiary/aromatic N) is 1. The smallest absolute Gasteiger partial charge is 0.146 e. The zero-order valence-electron chi connectivity index (χ0n) is 20.6. The lowest BCUT2D eigenvalue weighted by molar-refractivity contribution is 0.415. The topological polar surface area (TPSA) is 26.0 Å². The zero-order chi connectivity index (χ0) is 23.7. The van der Waals surface area contributed by atoms with E-state index < -0.39 is 0 Å². The van der Waals surface area contributed by atoms with Gasteiger partial charge < -0.3 is 5.73 Å². The van der Waals surface area contributed by atoms with Crippen LogP contribution in [0.25, 0.3) is 11.1 Å². The molecule has 5 rings (SSSR count). The fraction of sp³-hybridized carbons (Fsp3) is 0.250.